The molecule has 0 aliphatic rings. The Morgan fingerprint density at radius 3 is 2.10 bits per heavy atom. The molecule has 0 aliphatic heterocycles. The van der Waals surface area contributed by atoms with Gasteiger partial charge in [-0.1, -0.05) is 12.1 Å². The Kier molecular flexibility index (Phi) is 6.03. The molecule has 0 saturated carbocycles. The van der Waals surface area contributed by atoms with E-state index in [1.54, 1.807) is 36.4 Å². The summed E-state index contributed by atoms with van der Waals surface area (Å²) in [6, 6.07) is 18.2. The van der Waals surface area contributed by atoms with E-state index in [-0.39, 0.29) is 21.7 Å². The fourth-order valence-corrected chi connectivity index (χ4v) is 3.70. The number of rotatable bonds is 7. The van der Waals surface area contributed by atoms with Gasteiger partial charge >= 0.3 is 0 Å². The van der Waals surface area contributed by atoms with Crippen molar-refractivity contribution in [2.24, 2.45) is 5.73 Å². The van der Waals surface area contributed by atoms with Crippen LogP contribution in [0.15, 0.2) is 77.7 Å². The summed E-state index contributed by atoms with van der Waals surface area (Å²) in [7, 11) is -2.35. The maximum absolute atomic E-state index is 12.6. The van der Waals surface area contributed by atoms with Crippen molar-refractivity contribution < 1.29 is 22.7 Å². The van der Waals surface area contributed by atoms with Crippen molar-refractivity contribution in [1.29, 1.82) is 0 Å². The SMILES string of the molecule is COc1ccc(S(=O)(=O)Nc2cccc(C(=O)Nc3cccc(C(N)=O)c3)c2)cc1. The van der Waals surface area contributed by atoms with Crippen LogP contribution in [0.5, 0.6) is 5.75 Å². The summed E-state index contributed by atoms with van der Waals surface area (Å²) in [6.45, 7) is 0. The minimum atomic E-state index is -3.84. The maximum Gasteiger partial charge on any atom is 0.261 e. The lowest BCUT2D eigenvalue weighted by molar-refractivity contribution is 0.0996. The molecule has 30 heavy (non-hydrogen) atoms. The fourth-order valence-electron chi connectivity index (χ4n) is 2.65. The second kappa shape index (κ2) is 8.66. The second-order valence-corrected chi connectivity index (χ2v) is 7.94. The summed E-state index contributed by atoms with van der Waals surface area (Å²) in [5.41, 5.74) is 6.35. The second-order valence-electron chi connectivity index (χ2n) is 6.26. The summed E-state index contributed by atoms with van der Waals surface area (Å²) in [5.74, 6) is -0.545. The van der Waals surface area contributed by atoms with Gasteiger partial charge in [-0.15, -0.1) is 0 Å². The summed E-state index contributed by atoms with van der Waals surface area (Å²) in [5, 5.41) is 2.65. The van der Waals surface area contributed by atoms with Gasteiger partial charge in [0.2, 0.25) is 5.91 Å². The van der Waals surface area contributed by atoms with E-state index in [0.717, 1.165) is 0 Å². The highest BCUT2D eigenvalue weighted by molar-refractivity contribution is 7.92. The number of amides is 2. The number of hydrogen-bond donors (Lipinski definition) is 3. The molecule has 0 bridgehead atoms. The van der Waals surface area contributed by atoms with Crippen LogP contribution in [-0.4, -0.2) is 27.3 Å². The van der Waals surface area contributed by atoms with Gasteiger partial charge in [0, 0.05) is 22.5 Å². The molecule has 154 valence electrons. The van der Waals surface area contributed by atoms with Crippen LogP contribution in [0, 0.1) is 0 Å². The van der Waals surface area contributed by atoms with E-state index < -0.39 is 21.8 Å². The fraction of sp³-hybridized carbons (Fsp3) is 0.0476. The molecule has 2 amide bonds. The van der Waals surface area contributed by atoms with Gasteiger partial charge in [0.15, 0.2) is 0 Å². The summed E-state index contributed by atoms with van der Waals surface area (Å²) < 4.78 is 32.6. The van der Waals surface area contributed by atoms with Crippen LogP contribution in [-0.2, 0) is 10.0 Å². The van der Waals surface area contributed by atoms with Gasteiger partial charge in [0.25, 0.3) is 15.9 Å². The Hall–Kier alpha value is -3.85. The quantitative estimate of drug-likeness (QED) is 0.536. The number of sulfonamides is 1. The number of hydrogen-bond acceptors (Lipinski definition) is 5. The highest BCUT2D eigenvalue weighted by atomic mass is 32.2. The van der Waals surface area contributed by atoms with Gasteiger partial charge in [-0.2, -0.15) is 0 Å². The molecule has 8 nitrogen and oxygen atoms in total. The van der Waals surface area contributed by atoms with Gasteiger partial charge in [-0.05, 0) is 60.7 Å². The standard InChI is InChI=1S/C21H19N3O5S/c1-29-18-8-10-19(11-9-18)30(27,28)24-17-7-3-5-15(13-17)21(26)23-16-6-2-4-14(12-16)20(22)25/h2-13,24H,1H3,(H2,22,25)(H,23,26). The summed E-state index contributed by atoms with van der Waals surface area (Å²) >= 11 is 0. The number of carbonyl (C=O) groups is 2. The number of nitrogens with one attached hydrogen (secondary N) is 2. The number of primary amides is 1. The first kappa shape index (κ1) is 20.9. The lowest BCUT2D eigenvalue weighted by atomic mass is 10.1. The molecular weight excluding hydrogens is 406 g/mol. The maximum atomic E-state index is 12.6. The van der Waals surface area contributed by atoms with Crippen molar-refractivity contribution in [1.82, 2.24) is 0 Å². The summed E-state index contributed by atoms with van der Waals surface area (Å²) in [6.07, 6.45) is 0. The van der Waals surface area contributed by atoms with Crippen LogP contribution in [0.1, 0.15) is 20.7 Å². The lowest BCUT2D eigenvalue weighted by Crippen LogP contribution is -2.16. The smallest absolute Gasteiger partial charge is 0.261 e. The Labute approximate surface area is 173 Å². The molecule has 0 aliphatic carbocycles. The zero-order valence-corrected chi connectivity index (χ0v) is 16.8. The monoisotopic (exact) mass is 425 g/mol. The number of anilines is 2. The summed E-state index contributed by atoms with van der Waals surface area (Å²) in [4.78, 5) is 23.9. The van der Waals surface area contributed by atoms with Gasteiger partial charge in [-0.3, -0.25) is 14.3 Å². The molecule has 0 unspecified atom stereocenters. The molecule has 4 N–H and O–H groups in total. The third-order valence-electron chi connectivity index (χ3n) is 4.15. The predicted molar refractivity (Wildman–Crippen MR) is 113 cm³/mol. The molecule has 0 spiro atoms. The number of benzene rings is 3. The normalized spacial score (nSPS) is 10.8. The molecule has 3 aromatic carbocycles. The number of nitrogens with two attached hydrogens (primary N) is 1. The molecule has 9 heteroatoms. The van der Waals surface area contributed by atoms with Gasteiger partial charge in [-0.25, -0.2) is 8.42 Å². The van der Waals surface area contributed by atoms with E-state index in [0.29, 0.717) is 11.4 Å². The molecular formula is C21H19N3O5S. The Bertz CT molecular complexity index is 1190. The topological polar surface area (TPSA) is 128 Å². The molecule has 0 atom stereocenters. The van der Waals surface area contributed by atoms with Gasteiger partial charge in [0.1, 0.15) is 5.75 Å². The van der Waals surface area contributed by atoms with E-state index in [1.165, 1.54) is 43.5 Å². The third kappa shape index (κ3) is 4.95. The Morgan fingerprint density at radius 2 is 1.47 bits per heavy atom. The molecule has 0 heterocycles. The highest BCUT2D eigenvalue weighted by Gasteiger charge is 2.15. The van der Waals surface area contributed by atoms with Crippen molar-refractivity contribution in [3.8, 4) is 5.75 Å². The zero-order chi connectivity index (χ0) is 21.7. The van der Waals surface area contributed by atoms with Crippen LogP contribution in [0.25, 0.3) is 0 Å². The number of ether oxygens (including phenoxy) is 1. The number of methoxy groups -OCH3 is 1. The highest BCUT2D eigenvalue weighted by Crippen LogP contribution is 2.20. The van der Waals surface area contributed by atoms with Crippen LogP contribution < -0.4 is 20.5 Å². The minimum Gasteiger partial charge on any atom is -0.497 e. The molecule has 0 saturated heterocycles. The van der Waals surface area contributed by atoms with Crippen LogP contribution in [0.2, 0.25) is 0 Å². The van der Waals surface area contributed by atoms with E-state index in [4.69, 9.17) is 10.5 Å². The third-order valence-corrected chi connectivity index (χ3v) is 5.55. The first-order chi connectivity index (χ1) is 14.3. The molecule has 3 rings (SSSR count). The van der Waals surface area contributed by atoms with Crippen LogP contribution >= 0.6 is 0 Å². The zero-order valence-electron chi connectivity index (χ0n) is 16.0. The van der Waals surface area contributed by atoms with E-state index in [2.05, 4.69) is 10.0 Å². The Morgan fingerprint density at radius 1 is 0.867 bits per heavy atom. The first-order valence-electron chi connectivity index (χ1n) is 8.76. The van der Waals surface area contributed by atoms with Gasteiger partial charge in [0.05, 0.1) is 12.0 Å². The van der Waals surface area contributed by atoms with Crippen molar-refractivity contribution in [3.05, 3.63) is 83.9 Å². The molecule has 0 aromatic heterocycles. The largest absolute Gasteiger partial charge is 0.497 e. The predicted octanol–water partition coefficient (Wildman–Crippen LogP) is 2.85. The average molecular weight is 425 g/mol. The van der Waals surface area contributed by atoms with Crippen molar-refractivity contribution >= 4 is 33.2 Å². The minimum absolute atomic E-state index is 0.0569. The van der Waals surface area contributed by atoms with Crippen molar-refractivity contribution in [2.45, 2.75) is 4.90 Å². The van der Waals surface area contributed by atoms with E-state index in [1.807, 2.05) is 0 Å². The van der Waals surface area contributed by atoms with E-state index in [9.17, 15) is 18.0 Å². The van der Waals surface area contributed by atoms with E-state index >= 15 is 0 Å². The number of carbonyl (C=O) groups excluding carboxylic acids is 2. The van der Waals surface area contributed by atoms with Crippen molar-refractivity contribution in [3.63, 3.8) is 0 Å². The average Bonchev–Trinajstić information content (AvgIpc) is 2.74. The first-order valence-corrected chi connectivity index (χ1v) is 10.2. The molecule has 0 fully saturated rings. The molecule has 0 radical (unpaired) electrons. The van der Waals surface area contributed by atoms with Crippen LogP contribution in [0.4, 0.5) is 11.4 Å². The lowest BCUT2D eigenvalue weighted by Gasteiger charge is -2.11. The van der Waals surface area contributed by atoms with Crippen molar-refractivity contribution in [2.75, 3.05) is 17.1 Å². The molecule has 3 aromatic rings. The Balaban J connectivity index is 1.77. The van der Waals surface area contributed by atoms with Crippen LogP contribution in [0.3, 0.4) is 0 Å². The van der Waals surface area contributed by atoms with Gasteiger partial charge < -0.3 is 15.8 Å².